The molecule has 0 saturated carbocycles. The van der Waals surface area contributed by atoms with Crippen LogP contribution >= 0.6 is 0 Å². The van der Waals surface area contributed by atoms with Crippen molar-refractivity contribution in [2.24, 2.45) is 12.8 Å². The smallest absolute Gasteiger partial charge is 0.221 e. The first kappa shape index (κ1) is 15.6. The van der Waals surface area contributed by atoms with Gasteiger partial charge in [-0.25, -0.2) is 4.68 Å². The average Bonchev–Trinajstić information content (AvgIpc) is 2.74. The van der Waals surface area contributed by atoms with Crippen molar-refractivity contribution in [1.82, 2.24) is 9.78 Å². The van der Waals surface area contributed by atoms with Gasteiger partial charge in [-0.15, -0.1) is 0 Å². The van der Waals surface area contributed by atoms with E-state index in [1.54, 1.807) is 4.68 Å². The number of aromatic nitrogens is 2. The zero-order valence-electron chi connectivity index (χ0n) is 13.4. The van der Waals surface area contributed by atoms with Crippen molar-refractivity contribution in [3.05, 3.63) is 41.1 Å². The number of aryl methyl sites for hydroxylation is 2. The molecule has 0 aliphatic rings. The van der Waals surface area contributed by atoms with E-state index in [2.05, 4.69) is 31.1 Å². The Morgan fingerprint density at radius 3 is 2.71 bits per heavy atom. The third kappa shape index (κ3) is 3.27. The van der Waals surface area contributed by atoms with Crippen LogP contribution in [-0.4, -0.2) is 16.3 Å². The Balaban J connectivity index is 2.39. The van der Waals surface area contributed by atoms with Gasteiger partial charge in [0.25, 0.3) is 0 Å². The highest BCUT2D eigenvalue weighted by Gasteiger charge is 2.17. The summed E-state index contributed by atoms with van der Waals surface area (Å²) in [5.41, 5.74) is 9.02. The van der Waals surface area contributed by atoms with Crippen LogP contribution in [0.1, 0.15) is 43.0 Å². The molecule has 0 bridgehead atoms. The van der Waals surface area contributed by atoms with Gasteiger partial charge in [0.05, 0.1) is 5.69 Å². The lowest BCUT2D eigenvalue weighted by Gasteiger charge is -2.16. The Morgan fingerprint density at radius 1 is 1.33 bits per heavy atom. The van der Waals surface area contributed by atoms with E-state index < -0.39 is 0 Å². The van der Waals surface area contributed by atoms with Crippen LogP contribution in [0.25, 0.3) is 0 Å². The maximum Gasteiger partial charge on any atom is 0.221 e. The van der Waals surface area contributed by atoms with Crippen LogP contribution in [0.3, 0.4) is 0 Å². The van der Waals surface area contributed by atoms with Gasteiger partial charge in [-0.2, -0.15) is 5.10 Å². The van der Waals surface area contributed by atoms with E-state index in [9.17, 15) is 0 Å². The maximum atomic E-state index is 6.21. The van der Waals surface area contributed by atoms with Crippen molar-refractivity contribution in [3.63, 3.8) is 0 Å². The number of para-hydroxylation sites is 1. The number of rotatable bonds is 6. The van der Waals surface area contributed by atoms with Gasteiger partial charge in [0.15, 0.2) is 0 Å². The first-order valence-electron chi connectivity index (χ1n) is 7.57. The molecule has 114 valence electrons. The molecule has 0 saturated heterocycles. The molecule has 1 atom stereocenters. The van der Waals surface area contributed by atoms with Gasteiger partial charge in [0, 0.05) is 12.6 Å². The van der Waals surface area contributed by atoms with Crippen LogP contribution in [-0.2, 0) is 13.5 Å². The summed E-state index contributed by atoms with van der Waals surface area (Å²) in [6.45, 7) is 7.00. The van der Waals surface area contributed by atoms with Crippen molar-refractivity contribution >= 4 is 0 Å². The number of hydrogen-bond acceptors (Lipinski definition) is 3. The second-order valence-electron chi connectivity index (χ2n) is 5.48. The second kappa shape index (κ2) is 6.76. The van der Waals surface area contributed by atoms with Crippen LogP contribution in [0.15, 0.2) is 24.3 Å². The fraction of sp³-hybridized carbons (Fsp3) is 0.471. The zero-order valence-corrected chi connectivity index (χ0v) is 13.4. The molecule has 2 N–H and O–H groups in total. The Morgan fingerprint density at radius 2 is 2.05 bits per heavy atom. The monoisotopic (exact) mass is 287 g/mol. The van der Waals surface area contributed by atoms with Gasteiger partial charge >= 0.3 is 0 Å². The van der Waals surface area contributed by atoms with Crippen molar-refractivity contribution in [2.75, 3.05) is 6.54 Å². The highest BCUT2D eigenvalue weighted by molar-refractivity contribution is 5.41. The van der Waals surface area contributed by atoms with Gasteiger partial charge in [-0.05, 0) is 43.9 Å². The van der Waals surface area contributed by atoms with E-state index in [0.717, 1.165) is 35.7 Å². The molecule has 1 aromatic heterocycles. The van der Waals surface area contributed by atoms with Crippen molar-refractivity contribution < 1.29 is 4.74 Å². The van der Waals surface area contributed by atoms with Gasteiger partial charge in [-0.3, -0.25) is 0 Å². The molecule has 1 aromatic carbocycles. The molecule has 0 radical (unpaired) electrons. The standard InChI is InChI=1S/C17H25N3O/c1-5-12(2)14-8-6-7-9-16(14)21-17-15(10-11-18)13(3)19-20(17)4/h6-9,12H,5,10-11,18H2,1-4H3. The Bertz CT molecular complexity index is 604. The Hall–Kier alpha value is -1.81. The molecule has 1 heterocycles. The Labute approximate surface area is 126 Å². The molecule has 1 unspecified atom stereocenters. The number of hydrogen-bond donors (Lipinski definition) is 1. The predicted molar refractivity (Wildman–Crippen MR) is 85.9 cm³/mol. The molecule has 21 heavy (non-hydrogen) atoms. The third-order valence-electron chi connectivity index (χ3n) is 3.95. The molecule has 4 heteroatoms. The van der Waals surface area contributed by atoms with Crippen LogP contribution in [0.5, 0.6) is 11.6 Å². The van der Waals surface area contributed by atoms with E-state index in [1.165, 1.54) is 5.56 Å². The molecule has 0 spiro atoms. The highest BCUT2D eigenvalue weighted by atomic mass is 16.5. The van der Waals surface area contributed by atoms with Gasteiger partial charge in [-0.1, -0.05) is 32.0 Å². The van der Waals surface area contributed by atoms with E-state index in [4.69, 9.17) is 10.5 Å². The number of nitrogens with zero attached hydrogens (tertiary/aromatic N) is 2. The summed E-state index contributed by atoms with van der Waals surface area (Å²) < 4.78 is 8.01. The summed E-state index contributed by atoms with van der Waals surface area (Å²) in [7, 11) is 1.91. The summed E-state index contributed by atoms with van der Waals surface area (Å²) in [5.74, 6) is 2.18. The second-order valence-corrected chi connectivity index (χ2v) is 5.48. The highest BCUT2D eigenvalue weighted by Crippen LogP contribution is 2.34. The first-order chi connectivity index (χ1) is 10.1. The fourth-order valence-electron chi connectivity index (χ4n) is 2.55. The summed E-state index contributed by atoms with van der Waals surface area (Å²) in [5, 5.41) is 4.46. The van der Waals surface area contributed by atoms with Crippen LogP contribution < -0.4 is 10.5 Å². The molecule has 4 nitrogen and oxygen atoms in total. The lowest BCUT2D eigenvalue weighted by atomic mass is 9.98. The summed E-state index contributed by atoms with van der Waals surface area (Å²) >= 11 is 0. The minimum atomic E-state index is 0.466. The number of ether oxygens (including phenoxy) is 1. The fourth-order valence-corrected chi connectivity index (χ4v) is 2.55. The Kier molecular flexibility index (Phi) is 5.02. The van der Waals surface area contributed by atoms with E-state index in [-0.39, 0.29) is 0 Å². The lowest BCUT2D eigenvalue weighted by molar-refractivity contribution is 0.418. The summed E-state index contributed by atoms with van der Waals surface area (Å²) in [4.78, 5) is 0. The van der Waals surface area contributed by atoms with Crippen molar-refractivity contribution in [3.8, 4) is 11.6 Å². The number of nitrogens with two attached hydrogens (primary N) is 1. The minimum absolute atomic E-state index is 0.466. The third-order valence-corrected chi connectivity index (χ3v) is 3.95. The molecule has 2 aromatic rings. The van der Waals surface area contributed by atoms with Crippen molar-refractivity contribution in [1.29, 1.82) is 0 Å². The largest absolute Gasteiger partial charge is 0.439 e. The molecule has 2 rings (SSSR count). The average molecular weight is 287 g/mol. The SMILES string of the molecule is CCC(C)c1ccccc1Oc1c(CCN)c(C)nn1C. The van der Waals surface area contributed by atoms with Gasteiger partial charge < -0.3 is 10.5 Å². The zero-order chi connectivity index (χ0) is 15.4. The van der Waals surface area contributed by atoms with Gasteiger partial charge in [0.1, 0.15) is 5.75 Å². The lowest BCUT2D eigenvalue weighted by Crippen LogP contribution is -2.05. The van der Waals surface area contributed by atoms with Crippen molar-refractivity contribution in [2.45, 2.75) is 39.5 Å². The topological polar surface area (TPSA) is 53.1 Å². The van der Waals surface area contributed by atoms with E-state index in [1.807, 2.05) is 26.1 Å². The molecular weight excluding hydrogens is 262 g/mol. The van der Waals surface area contributed by atoms with E-state index >= 15 is 0 Å². The predicted octanol–water partition coefficient (Wildman–Crippen LogP) is 3.54. The molecule has 0 aliphatic heterocycles. The van der Waals surface area contributed by atoms with Crippen LogP contribution in [0, 0.1) is 6.92 Å². The molecule has 0 fully saturated rings. The first-order valence-corrected chi connectivity index (χ1v) is 7.57. The van der Waals surface area contributed by atoms with Gasteiger partial charge in [0.2, 0.25) is 5.88 Å². The molecular formula is C17H25N3O. The summed E-state index contributed by atoms with van der Waals surface area (Å²) in [6, 6.07) is 8.22. The minimum Gasteiger partial charge on any atom is -0.439 e. The van der Waals surface area contributed by atoms with Crippen LogP contribution in [0.2, 0.25) is 0 Å². The summed E-state index contributed by atoms with van der Waals surface area (Å²) in [6.07, 6.45) is 1.86. The van der Waals surface area contributed by atoms with E-state index in [0.29, 0.717) is 12.5 Å². The number of benzene rings is 1. The quantitative estimate of drug-likeness (QED) is 0.884. The molecule has 0 aliphatic carbocycles. The maximum absolute atomic E-state index is 6.21. The van der Waals surface area contributed by atoms with Crippen LogP contribution in [0.4, 0.5) is 0 Å². The molecule has 0 amide bonds. The normalized spacial score (nSPS) is 12.4.